The molecule has 0 saturated carbocycles. The van der Waals surface area contributed by atoms with Crippen molar-refractivity contribution in [3.63, 3.8) is 0 Å². The van der Waals surface area contributed by atoms with Gasteiger partial charge in [0.25, 0.3) is 0 Å². The molecule has 2 atom stereocenters. The van der Waals surface area contributed by atoms with Crippen LogP contribution in [-0.4, -0.2) is 33.6 Å². The summed E-state index contributed by atoms with van der Waals surface area (Å²) in [7, 11) is 0. The van der Waals surface area contributed by atoms with Crippen molar-refractivity contribution in [3.05, 3.63) is 62.9 Å². The molecule has 1 unspecified atom stereocenters. The summed E-state index contributed by atoms with van der Waals surface area (Å²) in [6.45, 7) is 3.49. The molecule has 2 saturated heterocycles. The van der Waals surface area contributed by atoms with E-state index in [2.05, 4.69) is 21.6 Å². The fourth-order valence-corrected chi connectivity index (χ4v) is 5.76. The predicted molar refractivity (Wildman–Crippen MR) is 126 cm³/mol. The van der Waals surface area contributed by atoms with E-state index in [0.717, 1.165) is 34.8 Å². The molecule has 6 heteroatoms. The number of imidazole rings is 1. The summed E-state index contributed by atoms with van der Waals surface area (Å²) in [5.41, 5.74) is 3.21. The van der Waals surface area contributed by atoms with E-state index >= 15 is 0 Å². The van der Waals surface area contributed by atoms with Gasteiger partial charge in [0.1, 0.15) is 5.82 Å². The molecule has 5 rings (SSSR count). The molecule has 2 fully saturated rings. The number of fused-ring (bicyclic) bond motifs is 2. The van der Waals surface area contributed by atoms with Crippen molar-refractivity contribution in [2.75, 3.05) is 13.1 Å². The van der Waals surface area contributed by atoms with Gasteiger partial charge < -0.3 is 9.47 Å². The second kappa shape index (κ2) is 8.70. The van der Waals surface area contributed by atoms with Crippen molar-refractivity contribution in [3.8, 4) is 0 Å². The highest BCUT2D eigenvalue weighted by Crippen LogP contribution is 2.35. The molecule has 3 nitrogen and oxygen atoms in total. The highest BCUT2D eigenvalue weighted by molar-refractivity contribution is 6.42. The molecule has 2 aromatic carbocycles. The lowest BCUT2D eigenvalue weighted by Gasteiger charge is -2.44. The van der Waals surface area contributed by atoms with Crippen LogP contribution < -0.4 is 0 Å². The monoisotopic (exact) mass is 461 g/mol. The topological polar surface area (TPSA) is 21.1 Å². The van der Waals surface area contributed by atoms with Crippen LogP contribution in [0, 0.1) is 5.92 Å². The van der Waals surface area contributed by atoms with E-state index in [4.69, 9.17) is 39.8 Å². The maximum absolute atomic E-state index is 6.40. The number of hydrogen-bond donors (Lipinski definition) is 0. The number of piperidine rings is 2. The second-order valence-corrected chi connectivity index (χ2v) is 9.95. The standard InChI is InChI=1S/C24H26Cl3N3/c25-18-8-6-16(7-9-18)12-24-28-21-13-19(26)20(27)14-23(21)30(24)15-17-4-3-11-29-10-2-1-5-22(17)29/h6-9,13-14,17,22H,1-5,10-12,15H2/t17-,22?/m1/s1. The first-order valence-electron chi connectivity index (χ1n) is 10.9. The Morgan fingerprint density at radius 3 is 2.50 bits per heavy atom. The highest BCUT2D eigenvalue weighted by atomic mass is 35.5. The van der Waals surface area contributed by atoms with Crippen molar-refractivity contribution < 1.29 is 0 Å². The number of hydrogen-bond acceptors (Lipinski definition) is 2. The van der Waals surface area contributed by atoms with Crippen LogP contribution >= 0.6 is 34.8 Å². The number of aromatic nitrogens is 2. The van der Waals surface area contributed by atoms with Gasteiger partial charge in [0.2, 0.25) is 0 Å². The molecule has 0 amide bonds. The Labute approximate surface area is 192 Å². The fourth-order valence-electron chi connectivity index (χ4n) is 5.32. The lowest BCUT2D eigenvalue weighted by molar-refractivity contribution is 0.0521. The van der Waals surface area contributed by atoms with Crippen LogP contribution in [0.1, 0.15) is 43.5 Å². The van der Waals surface area contributed by atoms with Gasteiger partial charge in [-0.1, -0.05) is 53.4 Å². The first-order chi connectivity index (χ1) is 14.6. The van der Waals surface area contributed by atoms with E-state index in [9.17, 15) is 0 Å². The van der Waals surface area contributed by atoms with Crippen LogP contribution in [0.25, 0.3) is 11.0 Å². The Bertz CT molecular complexity index is 1040. The molecular weight excluding hydrogens is 437 g/mol. The summed E-state index contributed by atoms with van der Waals surface area (Å²) in [5, 5.41) is 1.90. The average Bonchev–Trinajstić information content (AvgIpc) is 3.06. The van der Waals surface area contributed by atoms with Crippen LogP contribution in [0.4, 0.5) is 0 Å². The van der Waals surface area contributed by atoms with Crippen LogP contribution in [0.3, 0.4) is 0 Å². The molecule has 0 bridgehead atoms. The Morgan fingerprint density at radius 2 is 1.67 bits per heavy atom. The first kappa shape index (κ1) is 20.6. The molecule has 30 heavy (non-hydrogen) atoms. The maximum atomic E-state index is 6.40. The van der Waals surface area contributed by atoms with E-state index in [1.54, 1.807) is 0 Å². The van der Waals surface area contributed by atoms with E-state index in [1.165, 1.54) is 50.8 Å². The van der Waals surface area contributed by atoms with Gasteiger partial charge in [-0.2, -0.15) is 0 Å². The third-order valence-corrected chi connectivity index (χ3v) is 7.76. The number of halogens is 3. The van der Waals surface area contributed by atoms with Gasteiger partial charge in [-0.3, -0.25) is 0 Å². The summed E-state index contributed by atoms with van der Waals surface area (Å²) in [5.74, 6) is 1.72. The van der Waals surface area contributed by atoms with Gasteiger partial charge in [-0.15, -0.1) is 0 Å². The van der Waals surface area contributed by atoms with Gasteiger partial charge in [0, 0.05) is 24.0 Å². The van der Waals surface area contributed by atoms with Crippen LogP contribution in [0.15, 0.2) is 36.4 Å². The van der Waals surface area contributed by atoms with Crippen LogP contribution in [0.2, 0.25) is 15.1 Å². The normalized spacial score (nSPS) is 22.4. The Hall–Kier alpha value is -1.26. The smallest absolute Gasteiger partial charge is 0.114 e. The molecule has 158 valence electrons. The summed E-state index contributed by atoms with van der Waals surface area (Å²) in [6, 6.07) is 12.6. The van der Waals surface area contributed by atoms with E-state index in [0.29, 0.717) is 22.0 Å². The Morgan fingerprint density at radius 1 is 0.900 bits per heavy atom. The number of nitrogens with zero attached hydrogens (tertiary/aromatic N) is 3. The largest absolute Gasteiger partial charge is 0.327 e. The lowest BCUT2D eigenvalue weighted by Crippen LogP contribution is -2.49. The molecule has 0 radical (unpaired) electrons. The predicted octanol–water partition coefficient (Wildman–Crippen LogP) is 6.85. The molecule has 0 N–H and O–H groups in total. The van der Waals surface area contributed by atoms with Gasteiger partial charge >= 0.3 is 0 Å². The molecule has 3 aromatic rings. The summed E-state index contributed by atoms with van der Waals surface area (Å²) in [6.07, 6.45) is 7.34. The third-order valence-electron chi connectivity index (χ3n) is 6.79. The summed E-state index contributed by atoms with van der Waals surface area (Å²) in [4.78, 5) is 7.70. The Balaban J connectivity index is 1.52. The van der Waals surface area contributed by atoms with Crippen LogP contribution in [0.5, 0.6) is 0 Å². The fraction of sp³-hybridized carbons (Fsp3) is 0.458. The third kappa shape index (κ3) is 4.10. The lowest BCUT2D eigenvalue weighted by atomic mass is 9.83. The zero-order valence-corrected chi connectivity index (χ0v) is 19.2. The van der Waals surface area contributed by atoms with Crippen molar-refractivity contribution in [1.82, 2.24) is 14.5 Å². The minimum Gasteiger partial charge on any atom is -0.327 e. The molecule has 0 spiro atoms. The van der Waals surface area contributed by atoms with Gasteiger partial charge in [0.05, 0.1) is 21.1 Å². The van der Waals surface area contributed by atoms with E-state index < -0.39 is 0 Å². The maximum Gasteiger partial charge on any atom is 0.114 e. The SMILES string of the molecule is Clc1ccc(Cc2nc3cc(Cl)c(Cl)cc3n2C[C@H]2CCCN3CCCCC23)cc1. The van der Waals surface area contributed by atoms with Crippen molar-refractivity contribution in [2.45, 2.75) is 51.1 Å². The quantitative estimate of drug-likeness (QED) is 0.422. The zero-order chi connectivity index (χ0) is 20.7. The summed E-state index contributed by atoms with van der Waals surface area (Å²) < 4.78 is 2.40. The molecule has 2 aliphatic rings. The highest BCUT2D eigenvalue weighted by Gasteiger charge is 2.33. The molecular formula is C24H26Cl3N3. The molecule has 3 heterocycles. The zero-order valence-electron chi connectivity index (χ0n) is 17.0. The van der Waals surface area contributed by atoms with E-state index in [1.807, 2.05) is 24.3 Å². The molecule has 1 aromatic heterocycles. The molecule has 2 aliphatic heterocycles. The molecule has 0 aliphatic carbocycles. The average molecular weight is 463 g/mol. The minimum atomic E-state index is 0.558. The first-order valence-corrected chi connectivity index (χ1v) is 12.0. The van der Waals surface area contributed by atoms with Crippen molar-refractivity contribution in [1.29, 1.82) is 0 Å². The summed E-state index contributed by atoms with van der Waals surface area (Å²) >= 11 is 18.8. The van der Waals surface area contributed by atoms with E-state index in [-0.39, 0.29) is 0 Å². The van der Waals surface area contributed by atoms with Gasteiger partial charge in [0.15, 0.2) is 0 Å². The minimum absolute atomic E-state index is 0.558. The Kier molecular flexibility index (Phi) is 5.99. The van der Waals surface area contributed by atoms with Gasteiger partial charge in [-0.05, 0) is 74.5 Å². The second-order valence-electron chi connectivity index (χ2n) is 8.70. The number of benzene rings is 2. The van der Waals surface area contributed by atoms with Gasteiger partial charge in [-0.25, -0.2) is 4.98 Å². The number of rotatable bonds is 4. The van der Waals surface area contributed by atoms with Crippen molar-refractivity contribution >= 4 is 45.8 Å². The van der Waals surface area contributed by atoms with Crippen LogP contribution in [-0.2, 0) is 13.0 Å². The van der Waals surface area contributed by atoms with Crippen molar-refractivity contribution in [2.24, 2.45) is 5.92 Å².